The summed E-state index contributed by atoms with van der Waals surface area (Å²) in [6.45, 7) is 9.29. The molecule has 2 unspecified atom stereocenters. The van der Waals surface area contributed by atoms with Gasteiger partial charge >= 0.3 is 0 Å². The molecule has 1 fully saturated rings. The Morgan fingerprint density at radius 3 is 2.87 bits per heavy atom. The Kier molecular flexibility index (Phi) is 6.22. The molecule has 90 valence electrons. The highest BCUT2D eigenvalue weighted by molar-refractivity contribution is 4.83. The van der Waals surface area contributed by atoms with Crippen LogP contribution in [0.4, 0.5) is 0 Å². The van der Waals surface area contributed by atoms with Crippen molar-refractivity contribution in [2.24, 2.45) is 5.92 Å². The second-order valence-electron chi connectivity index (χ2n) is 4.66. The van der Waals surface area contributed by atoms with Crippen LogP contribution in [0.25, 0.3) is 0 Å². The summed E-state index contributed by atoms with van der Waals surface area (Å²) in [5.41, 5.74) is 0. The van der Waals surface area contributed by atoms with Crippen molar-refractivity contribution in [2.75, 3.05) is 32.8 Å². The van der Waals surface area contributed by atoms with Gasteiger partial charge in [0.2, 0.25) is 0 Å². The van der Waals surface area contributed by atoms with Gasteiger partial charge < -0.3 is 10.4 Å². The van der Waals surface area contributed by atoms with Gasteiger partial charge in [-0.05, 0) is 51.4 Å². The molecule has 0 spiro atoms. The molecule has 0 saturated carbocycles. The van der Waals surface area contributed by atoms with Crippen molar-refractivity contribution in [3.63, 3.8) is 0 Å². The Bertz CT molecular complexity index is 164. The van der Waals surface area contributed by atoms with Crippen LogP contribution in [0.1, 0.15) is 33.1 Å². The van der Waals surface area contributed by atoms with Gasteiger partial charge in [-0.25, -0.2) is 0 Å². The number of likely N-dealkylation sites (tertiary alicyclic amines) is 1. The SMILES string of the molecule is CCCNCCCN1CCC(C)C1CO. The van der Waals surface area contributed by atoms with Crippen molar-refractivity contribution in [1.82, 2.24) is 10.2 Å². The summed E-state index contributed by atoms with van der Waals surface area (Å²) < 4.78 is 0. The topological polar surface area (TPSA) is 35.5 Å². The Labute approximate surface area is 93.9 Å². The van der Waals surface area contributed by atoms with Crippen LogP contribution < -0.4 is 5.32 Å². The number of hydrogen-bond acceptors (Lipinski definition) is 3. The lowest BCUT2D eigenvalue weighted by Gasteiger charge is -2.24. The fraction of sp³-hybridized carbons (Fsp3) is 1.00. The van der Waals surface area contributed by atoms with Crippen LogP contribution in [0.5, 0.6) is 0 Å². The molecular formula is C12H26N2O. The third kappa shape index (κ3) is 4.09. The largest absolute Gasteiger partial charge is 0.395 e. The molecule has 15 heavy (non-hydrogen) atoms. The minimum Gasteiger partial charge on any atom is -0.395 e. The number of nitrogens with one attached hydrogen (secondary N) is 1. The van der Waals surface area contributed by atoms with Gasteiger partial charge in [0.25, 0.3) is 0 Å². The van der Waals surface area contributed by atoms with E-state index in [1.807, 2.05) is 0 Å². The molecule has 0 aromatic carbocycles. The van der Waals surface area contributed by atoms with Crippen LogP contribution in [0, 0.1) is 5.92 Å². The van der Waals surface area contributed by atoms with Gasteiger partial charge in [-0.15, -0.1) is 0 Å². The Hall–Kier alpha value is -0.120. The van der Waals surface area contributed by atoms with Crippen molar-refractivity contribution in [1.29, 1.82) is 0 Å². The third-order valence-corrected chi connectivity index (χ3v) is 3.41. The highest BCUT2D eigenvalue weighted by Crippen LogP contribution is 2.23. The molecule has 1 saturated heterocycles. The Balaban J connectivity index is 2.10. The minimum atomic E-state index is 0.323. The summed E-state index contributed by atoms with van der Waals surface area (Å²) in [6, 6.07) is 0.413. The van der Waals surface area contributed by atoms with Gasteiger partial charge in [0.05, 0.1) is 6.61 Å². The summed E-state index contributed by atoms with van der Waals surface area (Å²) in [6.07, 6.45) is 3.65. The average Bonchev–Trinajstić information content (AvgIpc) is 2.59. The van der Waals surface area contributed by atoms with Crippen LogP contribution in [-0.4, -0.2) is 48.8 Å². The van der Waals surface area contributed by atoms with Gasteiger partial charge in [-0.1, -0.05) is 13.8 Å². The van der Waals surface area contributed by atoms with E-state index in [4.69, 9.17) is 0 Å². The lowest BCUT2D eigenvalue weighted by molar-refractivity contribution is 0.138. The standard InChI is InChI=1S/C12H26N2O/c1-3-6-13-7-4-8-14-9-5-11(2)12(14)10-15/h11-13,15H,3-10H2,1-2H3. The summed E-state index contributed by atoms with van der Waals surface area (Å²) in [4.78, 5) is 2.44. The number of aliphatic hydroxyl groups is 1. The molecule has 0 bridgehead atoms. The fourth-order valence-corrected chi connectivity index (χ4v) is 2.37. The predicted octanol–water partition coefficient (Wildman–Crippen LogP) is 1.08. The Morgan fingerprint density at radius 1 is 1.40 bits per heavy atom. The molecule has 1 aliphatic rings. The zero-order valence-electron chi connectivity index (χ0n) is 10.2. The second-order valence-corrected chi connectivity index (χ2v) is 4.66. The van der Waals surface area contributed by atoms with Crippen molar-refractivity contribution < 1.29 is 5.11 Å². The molecule has 3 heteroatoms. The fourth-order valence-electron chi connectivity index (χ4n) is 2.37. The van der Waals surface area contributed by atoms with E-state index < -0.39 is 0 Å². The van der Waals surface area contributed by atoms with E-state index in [2.05, 4.69) is 24.1 Å². The maximum absolute atomic E-state index is 9.29. The summed E-state index contributed by atoms with van der Waals surface area (Å²) in [5.74, 6) is 0.665. The zero-order valence-corrected chi connectivity index (χ0v) is 10.2. The molecule has 0 aliphatic carbocycles. The predicted molar refractivity (Wildman–Crippen MR) is 64.0 cm³/mol. The summed E-state index contributed by atoms with van der Waals surface area (Å²) >= 11 is 0. The first-order valence-electron chi connectivity index (χ1n) is 6.35. The van der Waals surface area contributed by atoms with Crippen LogP contribution in [0.15, 0.2) is 0 Å². The monoisotopic (exact) mass is 214 g/mol. The molecule has 2 N–H and O–H groups in total. The normalized spacial score (nSPS) is 27.4. The molecule has 0 aromatic heterocycles. The first kappa shape index (κ1) is 12.9. The molecule has 1 heterocycles. The van der Waals surface area contributed by atoms with Crippen molar-refractivity contribution in [3.8, 4) is 0 Å². The number of aliphatic hydroxyl groups excluding tert-OH is 1. The maximum Gasteiger partial charge on any atom is 0.0589 e. The van der Waals surface area contributed by atoms with Crippen molar-refractivity contribution >= 4 is 0 Å². The number of rotatable bonds is 7. The number of hydrogen-bond donors (Lipinski definition) is 2. The zero-order chi connectivity index (χ0) is 11.1. The lowest BCUT2D eigenvalue weighted by atomic mass is 10.0. The van der Waals surface area contributed by atoms with Gasteiger partial charge in [0, 0.05) is 6.04 Å². The van der Waals surface area contributed by atoms with Gasteiger partial charge in [-0.2, -0.15) is 0 Å². The van der Waals surface area contributed by atoms with Crippen LogP contribution >= 0.6 is 0 Å². The quantitative estimate of drug-likeness (QED) is 0.623. The summed E-state index contributed by atoms with van der Waals surface area (Å²) in [5, 5.41) is 12.7. The van der Waals surface area contributed by atoms with E-state index in [9.17, 15) is 5.11 Å². The molecule has 0 aromatic rings. The van der Waals surface area contributed by atoms with E-state index in [0.717, 1.165) is 19.6 Å². The smallest absolute Gasteiger partial charge is 0.0589 e. The van der Waals surface area contributed by atoms with Gasteiger partial charge in [0.1, 0.15) is 0 Å². The number of nitrogens with zero attached hydrogens (tertiary/aromatic N) is 1. The van der Waals surface area contributed by atoms with E-state index in [1.54, 1.807) is 0 Å². The molecular weight excluding hydrogens is 188 g/mol. The van der Waals surface area contributed by atoms with Crippen LogP contribution in [0.2, 0.25) is 0 Å². The van der Waals surface area contributed by atoms with Crippen molar-refractivity contribution in [2.45, 2.75) is 39.2 Å². The average molecular weight is 214 g/mol. The van der Waals surface area contributed by atoms with Crippen LogP contribution in [-0.2, 0) is 0 Å². The molecule has 1 rings (SSSR count). The molecule has 3 nitrogen and oxygen atoms in total. The molecule has 1 aliphatic heterocycles. The minimum absolute atomic E-state index is 0.323. The first-order valence-corrected chi connectivity index (χ1v) is 6.35. The van der Waals surface area contributed by atoms with E-state index in [-0.39, 0.29) is 0 Å². The molecule has 0 radical (unpaired) electrons. The molecule has 0 amide bonds. The Morgan fingerprint density at radius 2 is 2.20 bits per heavy atom. The van der Waals surface area contributed by atoms with Crippen molar-refractivity contribution in [3.05, 3.63) is 0 Å². The van der Waals surface area contributed by atoms with E-state index in [1.165, 1.54) is 25.8 Å². The van der Waals surface area contributed by atoms with Gasteiger partial charge in [-0.3, -0.25) is 4.90 Å². The highest BCUT2D eigenvalue weighted by atomic mass is 16.3. The first-order chi connectivity index (χ1) is 7.29. The molecule has 2 atom stereocenters. The van der Waals surface area contributed by atoms with E-state index in [0.29, 0.717) is 18.6 Å². The maximum atomic E-state index is 9.29. The highest BCUT2D eigenvalue weighted by Gasteiger charge is 2.29. The lowest BCUT2D eigenvalue weighted by Crippen LogP contribution is -2.36. The second kappa shape index (κ2) is 7.20. The van der Waals surface area contributed by atoms with Gasteiger partial charge in [0.15, 0.2) is 0 Å². The van der Waals surface area contributed by atoms with E-state index >= 15 is 0 Å². The third-order valence-electron chi connectivity index (χ3n) is 3.41. The van der Waals surface area contributed by atoms with Crippen LogP contribution in [0.3, 0.4) is 0 Å². The summed E-state index contributed by atoms with van der Waals surface area (Å²) in [7, 11) is 0.